The maximum absolute atomic E-state index is 5.49. The van der Waals surface area contributed by atoms with Crippen LogP contribution in [0.2, 0.25) is 0 Å². The molecule has 0 radical (unpaired) electrons. The Balaban J connectivity index is 2.35. The Labute approximate surface area is 97.6 Å². The lowest BCUT2D eigenvalue weighted by atomic mass is 10.3. The molecule has 0 aliphatic rings. The molecule has 5 heteroatoms. The van der Waals surface area contributed by atoms with Crippen LogP contribution in [-0.4, -0.2) is 39.5 Å². The van der Waals surface area contributed by atoms with Gasteiger partial charge in [-0.3, -0.25) is 4.68 Å². The van der Waals surface area contributed by atoms with Crippen molar-refractivity contribution in [2.24, 2.45) is 5.73 Å². The standard InChI is InChI=1S/C11H23N5/c1-3-5-15(6-4-2)7-8-16-10-11(9-12)13-14-16/h10H,3-9,12H2,1-2H3. The van der Waals surface area contributed by atoms with Gasteiger partial charge in [0.2, 0.25) is 0 Å². The Morgan fingerprint density at radius 3 is 2.44 bits per heavy atom. The lowest BCUT2D eigenvalue weighted by Gasteiger charge is -2.20. The quantitative estimate of drug-likeness (QED) is 0.713. The van der Waals surface area contributed by atoms with Crippen molar-refractivity contribution >= 4 is 0 Å². The Kier molecular flexibility index (Phi) is 6.03. The number of nitrogens with two attached hydrogens (primary N) is 1. The van der Waals surface area contributed by atoms with Crippen molar-refractivity contribution in [3.05, 3.63) is 11.9 Å². The van der Waals surface area contributed by atoms with E-state index in [1.54, 1.807) is 0 Å². The molecule has 1 rings (SSSR count). The lowest BCUT2D eigenvalue weighted by molar-refractivity contribution is 0.258. The summed E-state index contributed by atoms with van der Waals surface area (Å²) in [5.41, 5.74) is 6.35. The second-order valence-electron chi connectivity index (χ2n) is 4.02. The predicted octanol–water partition coefficient (Wildman–Crippen LogP) is 0.859. The molecule has 5 nitrogen and oxygen atoms in total. The molecular weight excluding hydrogens is 202 g/mol. The van der Waals surface area contributed by atoms with Crippen molar-refractivity contribution in [1.82, 2.24) is 19.9 Å². The highest BCUT2D eigenvalue weighted by atomic mass is 15.4. The number of hydrogen-bond donors (Lipinski definition) is 1. The highest BCUT2D eigenvalue weighted by Crippen LogP contribution is 1.96. The highest BCUT2D eigenvalue weighted by molar-refractivity contribution is 4.90. The van der Waals surface area contributed by atoms with Gasteiger partial charge in [0.25, 0.3) is 0 Å². The predicted molar refractivity (Wildman–Crippen MR) is 64.9 cm³/mol. The monoisotopic (exact) mass is 225 g/mol. The molecule has 0 amide bonds. The second-order valence-corrected chi connectivity index (χ2v) is 4.02. The van der Waals surface area contributed by atoms with Gasteiger partial charge in [-0.25, -0.2) is 0 Å². The second kappa shape index (κ2) is 7.35. The minimum Gasteiger partial charge on any atom is -0.325 e. The van der Waals surface area contributed by atoms with Gasteiger partial charge in [0.1, 0.15) is 0 Å². The van der Waals surface area contributed by atoms with E-state index < -0.39 is 0 Å². The van der Waals surface area contributed by atoms with Crippen LogP contribution in [-0.2, 0) is 13.1 Å². The van der Waals surface area contributed by atoms with Crippen LogP contribution < -0.4 is 5.73 Å². The van der Waals surface area contributed by atoms with E-state index in [4.69, 9.17) is 5.73 Å². The summed E-state index contributed by atoms with van der Waals surface area (Å²) in [6, 6.07) is 0. The van der Waals surface area contributed by atoms with Crippen molar-refractivity contribution < 1.29 is 0 Å². The molecule has 92 valence electrons. The van der Waals surface area contributed by atoms with Crippen molar-refractivity contribution in [3.63, 3.8) is 0 Å². The first-order valence-corrected chi connectivity index (χ1v) is 6.11. The molecule has 0 aliphatic heterocycles. The van der Waals surface area contributed by atoms with Gasteiger partial charge in [0.05, 0.1) is 12.2 Å². The molecule has 16 heavy (non-hydrogen) atoms. The molecule has 0 fully saturated rings. The smallest absolute Gasteiger partial charge is 0.0962 e. The van der Waals surface area contributed by atoms with Crippen molar-refractivity contribution in [1.29, 1.82) is 0 Å². The molecular formula is C11H23N5. The first-order chi connectivity index (χ1) is 7.80. The molecule has 0 unspecified atom stereocenters. The van der Waals surface area contributed by atoms with Crippen molar-refractivity contribution in [2.45, 2.75) is 39.8 Å². The summed E-state index contributed by atoms with van der Waals surface area (Å²) in [7, 11) is 0. The zero-order chi connectivity index (χ0) is 11.8. The summed E-state index contributed by atoms with van der Waals surface area (Å²) in [4.78, 5) is 2.46. The Morgan fingerprint density at radius 1 is 1.25 bits per heavy atom. The summed E-state index contributed by atoms with van der Waals surface area (Å²) in [6.45, 7) is 9.14. The molecule has 0 bridgehead atoms. The Bertz CT molecular complexity index is 278. The number of aromatic nitrogens is 3. The molecule has 0 spiro atoms. The van der Waals surface area contributed by atoms with Crippen LogP contribution in [0, 0.1) is 0 Å². The molecule has 0 saturated heterocycles. The zero-order valence-electron chi connectivity index (χ0n) is 10.4. The zero-order valence-corrected chi connectivity index (χ0v) is 10.4. The van der Waals surface area contributed by atoms with Crippen LogP contribution in [0.25, 0.3) is 0 Å². The van der Waals surface area contributed by atoms with Gasteiger partial charge >= 0.3 is 0 Å². The SMILES string of the molecule is CCCN(CCC)CCn1cc(CN)nn1. The average molecular weight is 225 g/mol. The normalized spacial score (nSPS) is 11.2. The van der Waals surface area contributed by atoms with Crippen LogP contribution in [0.5, 0.6) is 0 Å². The van der Waals surface area contributed by atoms with E-state index in [9.17, 15) is 0 Å². The largest absolute Gasteiger partial charge is 0.325 e. The summed E-state index contributed by atoms with van der Waals surface area (Å²) in [5, 5.41) is 8.01. The lowest BCUT2D eigenvalue weighted by Crippen LogP contribution is -2.29. The van der Waals surface area contributed by atoms with E-state index in [0.29, 0.717) is 6.54 Å². The first-order valence-electron chi connectivity index (χ1n) is 6.11. The molecule has 1 aromatic rings. The fourth-order valence-corrected chi connectivity index (χ4v) is 1.75. The molecule has 1 heterocycles. The fourth-order valence-electron chi connectivity index (χ4n) is 1.75. The summed E-state index contributed by atoms with van der Waals surface area (Å²) >= 11 is 0. The Morgan fingerprint density at radius 2 is 1.94 bits per heavy atom. The summed E-state index contributed by atoms with van der Waals surface area (Å²) in [5.74, 6) is 0. The van der Waals surface area contributed by atoms with Gasteiger partial charge in [0, 0.05) is 19.3 Å². The van der Waals surface area contributed by atoms with E-state index in [1.807, 2.05) is 10.9 Å². The summed E-state index contributed by atoms with van der Waals surface area (Å²) in [6.07, 6.45) is 4.33. The van der Waals surface area contributed by atoms with Crippen LogP contribution in [0.15, 0.2) is 6.20 Å². The molecule has 1 aromatic heterocycles. The van der Waals surface area contributed by atoms with Crippen LogP contribution in [0.3, 0.4) is 0 Å². The summed E-state index contributed by atoms with van der Waals surface area (Å²) < 4.78 is 1.88. The van der Waals surface area contributed by atoms with Gasteiger partial charge < -0.3 is 10.6 Å². The number of hydrogen-bond acceptors (Lipinski definition) is 4. The van der Waals surface area contributed by atoms with Gasteiger partial charge in [-0.15, -0.1) is 5.10 Å². The molecule has 2 N–H and O–H groups in total. The maximum Gasteiger partial charge on any atom is 0.0962 e. The third kappa shape index (κ3) is 4.28. The molecule has 0 aliphatic carbocycles. The minimum absolute atomic E-state index is 0.466. The first kappa shape index (κ1) is 13.1. The number of rotatable bonds is 8. The van der Waals surface area contributed by atoms with Gasteiger partial charge in [-0.05, 0) is 25.9 Å². The van der Waals surface area contributed by atoms with Gasteiger partial charge in [-0.2, -0.15) is 0 Å². The molecule has 0 saturated carbocycles. The third-order valence-corrected chi connectivity index (χ3v) is 2.52. The van der Waals surface area contributed by atoms with E-state index in [2.05, 4.69) is 29.1 Å². The number of nitrogens with zero attached hydrogens (tertiary/aromatic N) is 4. The van der Waals surface area contributed by atoms with Crippen molar-refractivity contribution in [2.75, 3.05) is 19.6 Å². The fraction of sp³-hybridized carbons (Fsp3) is 0.818. The third-order valence-electron chi connectivity index (χ3n) is 2.52. The van der Waals surface area contributed by atoms with Gasteiger partial charge in [0.15, 0.2) is 0 Å². The topological polar surface area (TPSA) is 60.0 Å². The van der Waals surface area contributed by atoms with Crippen LogP contribution in [0.4, 0.5) is 0 Å². The highest BCUT2D eigenvalue weighted by Gasteiger charge is 2.04. The minimum atomic E-state index is 0.466. The van der Waals surface area contributed by atoms with Crippen LogP contribution >= 0.6 is 0 Å². The van der Waals surface area contributed by atoms with E-state index in [0.717, 1.165) is 31.9 Å². The van der Waals surface area contributed by atoms with E-state index in [1.165, 1.54) is 12.8 Å². The molecule has 0 atom stereocenters. The van der Waals surface area contributed by atoms with E-state index >= 15 is 0 Å². The van der Waals surface area contributed by atoms with Crippen molar-refractivity contribution in [3.8, 4) is 0 Å². The molecule has 0 aromatic carbocycles. The van der Waals surface area contributed by atoms with Crippen LogP contribution in [0.1, 0.15) is 32.4 Å². The van der Waals surface area contributed by atoms with E-state index in [-0.39, 0.29) is 0 Å². The maximum atomic E-state index is 5.49. The van der Waals surface area contributed by atoms with Gasteiger partial charge in [-0.1, -0.05) is 19.1 Å². The Hall–Kier alpha value is -0.940. The average Bonchev–Trinajstić information content (AvgIpc) is 2.74.